The van der Waals surface area contributed by atoms with Crippen molar-refractivity contribution >= 4 is 97.1 Å². The summed E-state index contributed by atoms with van der Waals surface area (Å²) in [5, 5.41) is 15.7. The zero-order valence-corrected chi connectivity index (χ0v) is 64.3. The molecule has 616 valence electrons. The van der Waals surface area contributed by atoms with Crippen LogP contribution in [-0.4, -0.2) is 101 Å². The lowest BCUT2D eigenvalue weighted by atomic mass is 10.2. The molecule has 0 fully saturated rings. The number of anilines is 12. The van der Waals surface area contributed by atoms with Crippen molar-refractivity contribution in [1.29, 1.82) is 0 Å². The molecule has 0 aliphatic rings. The second-order valence-electron chi connectivity index (χ2n) is 26.5. The molecule has 16 aromatic rings. The zero-order chi connectivity index (χ0) is 86.1. The number of nitrogens with zero attached hydrogens (tertiary/aromatic N) is 18. The van der Waals surface area contributed by atoms with E-state index in [2.05, 4.69) is 101 Å². The number of nitrogen functional groups attached to an aromatic ring is 4. The Kier molecular flexibility index (Phi) is 23.2. The average molecular weight is 1660 g/mol. The second kappa shape index (κ2) is 33.6. The molecule has 0 aliphatic carbocycles. The van der Waals surface area contributed by atoms with Crippen LogP contribution in [-0.2, 0) is 12.4 Å². The summed E-state index contributed by atoms with van der Waals surface area (Å²) in [5.41, 5.74) is 34.0. The van der Waals surface area contributed by atoms with Crippen molar-refractivity contribution in [2.24, 2.45) is 0 Å². The van der Waals surface area contributed by atoms with Gasteiger partial charge in [-0.1, -0.05) is 18.2 Å². The molecular formula is C79H67F13N26O2. The summed E-state index contributed by atoms with van der Waals surface area (Å²) >= 11 is 0. The lowest BCUT2D eigenvalue weighted by Crippen LogP contribution is -2.10. The normalized spacial score (nSPS) is 11.5. The van der Waals surface area contributed by atoms with E-state index in [1.165, 1.54) is 72.8 Å². The van der Waals surface area contributed by atoms with Crippen LogP contribution in [0.5, 0.6) is 11.5 Å². The van der Waals surface area contributed by atoms with Crippen LogP contribution in [0.15, 0.2) is 158 Å². The largest absolute Gasteiger partial charge is 0.435 e. The van der Waals surface area contributed by atoms with Crippen molar-refractivity contribution in [3.63, 3.8) is 0 Å². The molecular weight excluding hydrogens is 1590 g/mol. The number of imidazole rings is 3. The Hall–Kier alpha value is -15.1. The van der Waals surface area contributed by atoms with Gasteiger partial charge in [0.25, 0.3) is 0 Å². The van der Waals surface area contributed by atoms with Crippen LogP contribution in [0.1, 0.15) is 62.4 Å². The van der Waals surface area contributed by atoms with E-state index in [9.17, 15) is 57.1 Å². The molecule has 0 radical (unpaired) electrons. The van der Waals surface area contributed by atoms with Gasteiger partial charge in [-0.3, -0.25) is 23.3 Å². The van der Waals surface area contributed by atoms with Gasteiger partial charge in [-0.15, -0.1) is 0 Å². The van der Waals surface area contributed by atoms with Crippen LogP contribution in [0.25, 0.3) is 68.2 Å². The number of aromatic nitrogens is 18. The Morgan fingerprint density at radius 2 is 0.775 bits per heavy atom. The van der Waals surface area contributed by atoms with E-state index in [4.69, 9.17) is 22.9 Å². The predicted molar refractivity (Wildman–Crippen MR) is 423 cm³/mol. The van der Waals surface area contributed by atoms with Crippen LogP contribution in [0, 0.1) is 79.8 Å². The SMILES string of the molecule is Cc1c(N)nc(-n2c(C)nc3ccccc32)nc1Nc1ccc(C(F)(F)F)cc1.Cc1cn2c(-c3nc(N)c(F)c(Nc4ccc(C(F)(F)F)cc4)n3)c(C)nc2c(C)n1.Cc1cn2c(-c3nc(N)c(F)c(Nc4ccc(OC(F)F)cc4)n3)c(C)nc2c(C)n1.Cc1nn2ccccc2c1-c1nc(N)c(F)c(Nc2ccc(OC(F)F)cc2)n1. The zero-order valence-electron chi connectivity index (χ0n) is 64.3. The quantitative estimate of drug-likeness (QED) is 0.0417. The number of aryl methyl sites for hydroxylation is 8. The molecule has 0 atom stereocenters. The Labute approximate surface area is 670 Å². The predicted octanol–water partition coefficient (Wildman–Crippen LogP) is 17.7. The number of halogens is 13. The highest BCUT2D eigenvalue weighted by Crippen LogP contribution is 2.38. The first-order chi connectivity index (χ1) is 56.9. The molecule has 11 heterocycles. The molecule has 0 spiro atoms. The van der Waals surface area contributed by atoms with Crippen LogP contribution in [0.2, 0.25) is 0 Å². The van der Waals surface area contributed by atoms with E-state index in [-0.39, 0.29) is 69.6 Å². The first-order valence-electron chi connectivity index (χ1n) is 35.6. The third-order valence-corrected chi connectivity index (χ3v) is 17.9. The molecule has 0 saturated carbocycles. The fourth-order valence-electron chi connectivity index (χ4n) is 12.4. The van der Waals surface area contributed by atoms with Crippen molar-refractivity contribution < 1.29 is 66.5 Å². The Balaban J connectivity index is 0.000000138. The maximum absolute atomic E-state index is 14.6. The maximum atomic E-state index is 14.6. The summed E-state index contributed by atoms with van der Waals surface area (Å²) in [6, 6.07) is 33.0. The fourth-order valence-corrected chi connectivity index (χ4v) is 12.4. The maximum Gasteiger partial charge on any atom is 0.416 e. The standard InChI is InChI=1S/C20H17F4N7.C20H18F3N7O.C20H17F3N6.C19H15F3N6O/c1-9-8-31-15(10(2)27-19(31)11(3)26-9)18-29-16(25)14(21)17(30-18)28-13-6-4-12(5-7-13)20(22,23)24;1-9-8-30-15(10(2)26-19(30)11(3)25-9)18-28-16(24)14(21)17(29-18)27-12-4-6-13(7-5-12)31-20(22)23;1-11-17(24)27-19(29-12(2)25-15-5-3-4-6-16(15)29)28-18(11)26-14-9-7-13(8-10-14)20(21,22)23;1-10-14(13-4-2-3-9-28(13)27-10)17-25-16(23)15(20)18(26-17)24-11-5-7-12(8-6-11)29-19(21)22/h4-8H,1-3H3,(H3,25,28,29,30);4-8,20H,1-3H3,(H3,24,27,28,29);3-10H,1-2H3,(H3,24,26,27,28);2-9,19H,1H3,(H3,23,24,25,26). The van der Waals surface area contributed by atoms with Crippen molar-refractivity contribution in [2.75, 3.05) is 44.2 Å². The highest BCUT2D eigenvalue weighted by atomic mass is 19.4. The number of hydrogen-bond acceptors (Lipinski definition) is 24. The van der Waals surface area contributed by atoms with Crippen LogP contribution < -0.4 is 53.7 Å². The number of fused-ring (bicyclic) bond motifs is 4. The average Bonchev–Trinajstić information content (AvgIpc) is 1.62. The van der Waals surface area contributed by atoms with E-state index in [0.717, 1.165) is 57.9 Å². The minimum absolute atomic E-state index is 0.0177. The number of benzene rings is 5. The summed E-state index contributed by atoms with van der Waals surface area (Å²) in [7, 11) is 0. The number of hydrogen-bond donors (Lipinski definition) is 8. The van der Waals surface area contributed by atoms with Crippen molar-refractivity contribution in [1.82, 2.24) is 87.8 Å². The van der Waals surface area contributed by atoms with Gasteiger partial charge in [0.05, 0.1) is 73.1 Å². The number of nitrogens with two attached hydrogens (primary N) is 4. The lowest BCUT2D eigenvalue weighted by Gasteiger charge is -2.14. The topological polar surface area (TPSA) is 369 Å². The van der Waals surface area contributed by atoms with Gasteiger partial charge in [-0.25, -0.2) is 49.4 Å². The van der Waals surface area contributed by atoms with Gasteiger partial charge in [-0.2, -0.15) is 72.1 Å². The molecule has 0 bridgehead atoms. The number of ether oxygens (including phenoxy) is 2. The molecule has 41 heteroatoms. The molecule has 16 rings (SSSR count). The van der Waals surface area contributed by atoms with Gasteiger partial charge >= 0.3 is 25.6 Å². The van der Waals surface area contributed by atoms with E-state index < -0.39 is 60.0 Å². The summed E-state index contributed by atoms with van der Waals surface area (Å²) in [5.74, 6) is -2.08. The van der Waals surface area contributed by atoms with Gasteiger partial charge < -0.3 is 53.7 Å². The number of alkyl halides is 10. The second-order valence-corrected chi connectivity index (χ2v) is 26.5. The molecule has 28 nitrogen and oxygen atoms in total. The molecule has 0 unspecified atom stereocenters. The first kappa shape index (κ1) is 82.9. The van der Waals surface area contributed by atoms with Gasteiger partial charge in [0.2, 0.25) is 23.4 Å². The summed E-state index contributed by atoms with van der Waals surface area (Å²) in [6.07, 6.45) is -3.54. The minimum Gasteiger partial charge on any atom is -0.435 e. The van der Waals surface area contributed by atoms with Gasteiger partial charge in [-0.05, 0) is 184 Å². The van der Waals surface area contributed by atoms with Crippen molar-refractivity contribution in [3.05, 3.63) is 238 Å². The summed E-state index contributed by atoms with van der Waals surface area (Å²) in [4.78, 5) is 56.2. The fraction of sp³-hybridized carbons (Fsp3) is 0.165. The third-order valence-electron chi connectivity index (χ3n) is 17.9. The number of pyridine rings is 1. The van der Waals surface area contributed by atoms with Crippen LogP contribution in [0.3, 0.4) is 0 Å². The Bertz CT molecular complexity index is 6500. The van der Waals surface area contributed by atoms with E-state index in [1.807, 2.05) is 77.1 Å². The number of nitrogens with one attached hydrogen (secondary N) is 4. The Morgan fingerprint density at radius 1 is 0.383 bits per heavy atom. The van der Waals surface area contributed by atoms with Gasteiger partial charge in [0, 0.05) is 46.9 Å². The molecule has 0 amide bonds. The molecule has 0 aliphatic heterocycles. The van der Waals surface area contributed by atoms with Gasteiger partial charge in [0.1, 0.15) is 40.3 Å². The molecule has 11 aromatic heterocycles. The van der Waals surface area contributed by atoms with E-state index >= 15 is 0 Å². The van der Waals surface area contributed by atoms with E-state index in [0.29, 0.717) is 91.2 Å². The van der Waals surface area contributed by atoms with Gasteiger partial charge in [0.15, 0.2) is 63.7 Å². The highest BCUT2D eigenvalue weighted by molar-refractivity contribution is 5.81. The number of para-hydroxylation sites is 2. The van der Waals surface area contributed by atoms with Crippen molar-refractivity contribution in [3.8, 4) is 51.9 Å². The third kappa shape index (κ3) is 18.1. The number of rotatable bonds is 16. The summed E-state index contributed by atoms with van der Waals surface area (Å²) in [6.45, 7) is 10.4. The minimum atomic E-state index is -4.47. The molecule has 5 aromatic carbocycles. The first-order valence-corrected chi connectivity index (χ1v) is 35.6. The van der Waals surface area contributed by atoms with Crippen molar-refractivity contribution in [2.45, 2.75) is 87.9 Å². The molecule has 0 saturated heterocycles. The Morgan fingerprint density at radius 3 is 1.21 bits per heavy atom. The lowest BCUT2D eigenvalue weighted by molar-refractivity contribution is -0.138. The van der Waals surface area contributed by atoms with E-state index in [1.54, 1.807) is 64.2 Å². The smallest absolute Gasteiger partial charge is 0.416 e. The molecule has 120 heavy (non-hydrogen) atoms. The monoisotopic (exact) mass is 1660 g/mol. The molecule has 12 N–H and O–H groups in total. The van der Waals surface area contributed by atoms with Crippen LogP contribution in [0.4, 0.5) is 126 Å². The highest BCUT2D eigenvalue weighted by Gasteiger charge is 2.32. The summed E-state index contributed by atoms with van der Waals surface area (Å²) < 4.78 is 185. The van der Waals surface area contributed by atoms with Crippen LogP contribution >= 0.6 is 0 Å².